The topological polar surface area (TPSA) is 96.9 Å². The zero-order valence-electron chi connectivity index (χ0n) is 19.0. The van der Waals surface area contributed by atoms with Crippen LogP contribution in [0.5, 0.6) is 0 Å². The molecule has 0 spiro atoms. The number of amides is 2. The van der Waals surface area contributed by atoms with Crippen LogP contribution < -0.4 is 10.8 Å². The lowest BCUT2D eigenvalue weighted by molar-refractivity contribution is -0.154. The van der Waals surface area contributed by atoms with Gasteiger partial charge >= 0.3 is 0 Å². The average Bonchev–Trinajstić information content (AvgIpc) is 2.90. The molecule has 0 aliphatic carbocycles. The first kappa shape index (κ1) is 26.1. The number of carbonyl (C=O) groups excluding carboxylic acids is 2. The molecule has 7 nitrogen and oxygen atoms in total. The van der Waals surface area contributed by atoms with E-state index in [2.05, 4.69) is 5.32 Å². The predicted molar refractivity (Wildman–Crippen MR) is 135 cm³/mol. The normalized spacial score (nSPS) is 11.8. The number of halogens is 1. The minimum absolute atomic E-state index is 0.133. The minimum Gasteiger partial charge on any atom is -0.352 e. The van der Waals surface area contributed by atoms with E-state index in [-0.39, 0.29) is 25.7 Å². The van der Waals surface area contributed by atoms with Crippen molar-refractivity contribution < 1.29 is 24.3 Å². The van der Waals surface area contributed by atoms with Gasteiger partial charge in [0.05, 0.1) is 6.61 Å². The van der Waals surface area contributed by atoms with E-state index in [4.69, 9.17) is 26.3 Å². The molecule has 0 aliphatic rings. The van der Waals surface area contributed by atoms with Crippen molar-refractivity contribution >= 4 is 35.6 Å². The summed E-state index contributed by atoms with van der Waals surface area (Å²) >= 11 is 5.90. The van der Waals surface area contributed by atoms with Gasteiger partial charge in [-0.25, -0.2) is 5.48 Å². The van der Waals surface area contributed by atoms with Crippen LogP contribution in [0.25, 0.3) is 12.2 Å². The lowest BCUT2D eigenvalue weighted by Crippen LogP contribution is -2.38. The molecule has 3 rings (SSSR count). The molecule has 8 heteroatoms. The molecule has 3 N–H and O–H groups in total. The Hall–Kier alpha value is -3.49. The highest BCUT2D eigenvalue weighted by atomic mass is 35.5. The highest BCUT2D eigenvalue weighted by molar-refractivity contribution is 6.30. The summed E-state index contributed by atoms with van der Waals surface area (Å²) in [6, 6.07) is 24.2. The quantitative estimate of drug-likeness (QED) is 0.111. The van der Waals surface area contributed by atoms with Gasteiger partial charge in [-0.1, -0.05) is 78.4 Å². The van der Waals surface area contributed by atoms with Crippen molar-refractivity contribution in [1.29, 1.82) is 0 Å². The van der Waals surface area contributed by atoms with Gasteiger partial charge < -0.3 is 14.8 Å². The standard InChI is InChI=1S/C27H27ClN2O5/c28-24-14-10-21(11-15-24)7-6-20-8-12-23(13-9-20)26(31)29-17-16-25(27(32)30-33)35-19-34-18-22-4-2-1-3-5-22/h1-15,25,33H,16-19H2,(H,29,31)(H,30,32)/b7-6+. The minimum atomic E-state index is -0.976. The fourth-order valence-electron chi connectivity index (χ4n) is 3.16. The summed E-state index contributed by atoms with van der Waals surface area (Å²) in [5, 5.41) is 12.4. The second-order valence-corrected chi connectivity index (χ2v) is 8.07. The summed E-state index contributed by atoms with van der Waals surface area (Å²) < 4.78 is 10.9. The van der Waals surface area contributed by atoms with E-state index < -0.39 is 12.0 Å². The summed E-state index contributed by atoms with van der Waals surface area (Å²) in [6.45, 7) is 0.371. The highest BCUT2D eigenvalue weighted by Crippen LogP contribution is 2.13. The second kappa shape index (κ2) is 14.0. The maximum Gasteiger partial charge on any atom is 0.272 e. The van der Waals surface area contributed by atoms with Crippen molar-refractivity contribution in [2.24, 2.45) is 0 Å². The van der Waals surface area contributed by atoms with Crippen LogP contribution in [0.3, 0.4) is 0 Å². The van der Waals surface area contributed by atoms with E-state index in [1.165, 1.54) is 0 Å². The summed E-state index contributed by atoms with van der Waals surface area (Å²) in [7, 11) is 0. The summed E-state index contributed by atoms with van der Waals surface area (Å²) in [5.41, 5.74) is 5.00. The van der Waals surface area contributed by atoms with Crippen molar-refractivity contribution in [3.8, 4) is 0 Å². The van der Waals surface area contributed by atoms with Crippen LogP contribution in [0, 0.1) is 0 Å². The largest absolute Gasteiger partial charge is 0.352 e. The molecular formula is C27H27ClN2O5. The Morgan fingerprint density at radius 3 is 2.17 bits per heavy atom. The van der Waals surface area contributed by atoms with Crippen molar-refractivity contribution in [3.05, 3.63) is 106 Å². The fraction of sp³-hybridized carbons (Fsp3) is 0.185. The molecule has 0 saturated heterocycles. The van der Waals surface area contributed by atoms with E-state index in [1.807, 2.05) is 78.9 Å². The molecule has 1 atom stereocenters. The SMILES string of the molecule is O=C(NCCC(OCOCc1ccccc1)C(=O)NO)c1ccc(/C=C/c2ccc(Cl)cc2)cc1. The van der Waals surface area contributed by atoms with E-state index in [1.54, 1.807) is 17.6 Å². The molecule has 1 unspecified atom stereocenters. The lowest BCUT2D eigenvalue weighted by Gasteiger charge is -2.16. The third-order valence-electron chi connectivity index (χ3n) is 5.07. The average molecular weight is 495 g/mol. The van der Waals surface area contributed by atoms with Gasteiger partial charge in [0.25, 0.3) is 11.8 Å². The first-order valence-corrected chi connectivity index (χ1v) is 11.4. The van der Waals surface area contributed by atoms with Gasteiger partial charge in [-0.05, 0) is 41.0 Å². The van der Waals surface area contributed by atoms with Crippen LogP contribution in [0.4, 0.5) is 0 Å². The number of hydrogen-bond acceptors (Lipinski definition) is 5. The molecule has 0 heterocycles. The first-order valence-electron chi connectivity index (χ1n) is 11.0. The lowest BCUT2D eigenvalue weighted by atomic mass is 10.1. The van der Waals surface area contributed by atoms with E-state index in [0.717, 1.165) is 16.7 Å². The molecule has 3 aromatic carbocycles. The van der Waals surface area contributed by atoms with Gasteiger partial charge in [-0.2, -0.15) is 0 Å². The van der Waals surface area contributed by atoms with Gasteiger partial charge in [0, 0.05) is 23.6 Å². The van der Waals surface area contributed by atoms with E-state index >= 15 is 0 Å². The van der Waals surface area contributed by atoms with Crippen molar-refractivity contribution in [3.63, 3.8) is 0 Å². The molecule has 0 aliphatic heterocycles. The van der Waals surface area contributed by atoms with Crippen molar-refractivity contribution in [1.82, 2.24) is 10.8 Å². The van der Waals surface area contributed by atoms with Crippen LogP contribution >= 0.6 is 11.6 Å². The van der Waals surface area contributed by atoms with Crippen LogP contribution in [0.1, 0.15) is 33.5 Å². The van der Waals surface area contributed by atoms with E-state index in [9.17, 15) is 9.59 Å². The Bertz CT molecular complexity index is 1100. The summed E-state index contributed by atoms with van der Waals surface area (Å²) in [5.74, 6) is -0.985. The molecule has 0 radical (unpaired) electrons. The van der Waals surface area contributed by atoms with Gasteiger partial charge in [0.1, 0.15) is 12.9 Å². The molecular weight excluding hydrogens is 468 g/mol. The number of carbonyl (C=O) groups is 2. The number of rotatable bonds is 12. The Morgan fingerprint density at radius 1 is 0.914 bits per heavy atom. The summed E-state index contributed by atoms with van der Waals surface area (Å²) in [6.07, 6.45) is 3.09. The predicted octanol–water partition coefficient (Wildman–Crippen LogP) is 4.70. The number of hydrogen-bond donors (Lipinski definition) is 3. The molecule has 3 aromatic rings. The molecule has 2 amide bonds. The first-order chi connectivity index (χ1) is 17.0. The van der Waals surface area contributed by atoms with Gasteiger partial charge in [0.15, 0.2) is 0 Å². The second-order valence-electron chi connectivity index (χ2n) is 7.63. The molecule has 0 aromatic heterocycles. The highest BCUT2D eigenvalue weighted by Gasteiger charge is 2.19. The number of benzene rings is 3. The fourth-order valence-corrected chi connectivity index (χ4v) is 3.28. The number of hydroxylamine groups is 1. The Kier molecular flexibility index (Phi) is 10.5. The van der Waals surface area contributed by atoms with Gasteiger partial charge in [-0.3, -0.25) is 14.8 Å². The van der Waals surface area contributed by atoms with Crippen molar-refractivity contribution in [2.45, 2.75) is 19.1 Å². The van der Waals surface area contributed by atoms with E-state index in [0.29, 0.717) is 17.2 Å². The summed E-state index contributed by atoms with van der Waals surface area (Å²) in [4.78, 5) is 24.3. The molecule has 0 fully saturated rings. The van der Waals surface area contributed by atoms with Crippen LogP contribution in [-0.2, 0) is 20.9 Å². The Labute approximate surface area is 209 Å². The number of ether oxygens (including phenoxy) is 2. The molecule has 35 heavy (non-hydrogen) atoms. The third kappa shape index (κ3) is 8.99. The Balaban J connectivity index is 1.43. The third-order valence-corrected chi connectivity index (χ3v) is 5.32. The van der Waals surface area contributed by atoms with Crippen LogP contribution in [0.2, 0.25) is 5.02 Å². The zero-order chi connectivity index (χ0) is 24.9. The maximum absolute atomic E-state index is 12.4. The molecule has 0 saturated carbocycles. The molecule has 182 valence electrons. The smallest absolute Gasteiger partial charge is 0.272 e. The van der Waals surface area contributed by atoms with Crippen molar-refractivity contribution in [2.75, 3.05) is 13.3 Å². The monoisotopic (exact) mass is 494 g/mol. The maximum atomic E-state index is 12.4. The van der Waals surface area contributed by atoms with Crippen LogP contribution in [-0.4, -0.2) is 36.5 Å². The zero-order valence-corrected chi connectivity index (χ0v) is 19.8. The van der Waals surface area contributed by atoms with Crippen LogP contribution in [0.15, 0.2) is 78.9 Å². The van der Waals surface area contributed by atoms with Gasteiger partial charge in [0.2, 0.25) is 0 Å². The molecule has 0 bridgehead atoms. The van der Waals surface area contributed by atoms with Gasteiger partial charge in [-0.15, -0.1) is 0 Å². The Morgan fingerprint density at radius 2 is 1.54 bits per heavy atom. The number of nitrogens with one attached hydrogen (secondary N) is 2.